The molecule has 0 aliphatic heterocycles. The monoisotopic (exact) mass is 274 g/mol. The first kappa shape index (κ1) is 12.0. The van der Waals surface area contributed by atoms with Crippen molar-refractivity contribution in [3.05, 3.63) is 34.2 Å². The van der Waals surface area contributed by atoms with Crippen molar-refractivity contribution in [1.29, 1.82) is 0 Å². The van der Waals surface area contributed by atoms with Crippen molar-refractivity contribution in [1.82, 2.24) is 0 Å². The number of nitrogens with two attached hydrogens (primary N) is 2. The minimum absolute atomic E-state index is 0.453. The fraction of sp³-hybridized carbons (Fsp3) is 0.214. The van der Waals surface area contributed by atoms with E-state index in [1.54, 1.807) is 7.11 Å². The van der Waals surface area contributed by atoms with E-state index in [0.717, 1.165) is 34.6 Å². The third kappa shape index (κ3) is 1.77. The van der Waals surface area contributed by atoms with Crippen molar-refractivity contribution < 1.29 is 9.53 Å². The lowest BCUT2D eigenvalue weighted by molar-refractivity contribution is 0.100. The topological polar surface area (TPSA) is 78.3 Å². The molecule has 1 amide bonds. The van der Waals surface area contributed by atoms with Crippen LogP contribution in [0.5, 0.6) is 5.75 Å². The van der Waals surface area contributed by atoms with Gasteiger partial charge in [-0.15, -0.1) is 11.3 Å². The van der Waals surface area contributed by atoms with Crippen LogP contribution in [0, 0.1) is 0 Å². The summed E-state index contributed by atoms with van der Waals surface area (Å²) in [4.78, 5) is 12.8. The van der Waals surface area contributed by atoms with Crippen molar-refractivity contribution in [3.63, 3.8) is 0 Å². The van der Waals surface area contributed by atoms with Crippen LogP contribution in [0.3, 0.4) is 0 Å². The summed E-state index contributed by atoms with van der Waals surface area (Å²) in [7, 11) is 1.63. The molecule has 3 rings (SSSR count). The molecule has 0 radical (unpaired) electrons. The average Bonchev–Trinajstić information content (AvgIpc) is 2.74. The molecule has 0 atom stereocenters. The van der Waals surface area contributed by atoms with Crippen LogP contribution in [0.2, 0.25) is 0 Å². The summed E-state index contributed by atoms with van der Waals surface area (Å²) >= 11 is 1.46. The van der Waals surface area contributed by atoms with E-state index in [1.165, 1.54) is 16.9 Å². The second-order valence-electron chi connectivity index (χ2n) is 4.53. The number of benzene rings is 1. The van der Waals surface area contributed by atoms with Gasteiger partial charge in [0.25, 0.3) is 5.91 Å². The molecule has 1 aromatic carbocycles. The number of carbonyl (C=O) groups excluding carboxylic acids is 1. The van der Waals surface area contributed by atoms with E-state index in [1.807, 2.05) is 18.2 Å². The normalized spacial score (nSPS) is 12.7. The Kier molecular flexibility index (Phi) is 2.71. The fourth-order valence-electron chi connectivity index (χ4n) is 2.58. The van der Waals surface area contributed by atoms with E-state index in [-0.39, 0.29) is 0 Å². The molecular formula is C14H14N2O2S. The van der Waals surface area contributed by atoms with Gasteiger partial charge in [0.15, 0.2) is 0 Å². The molecule has 1 heterocycles. The van der Waals surface area contributed by atoms with Gasteiger partial charge in [0.1, 0.15) is 5.75 Å². The SMILES string of the molecule is COc1ccc2c(c1)-c1c(sc(N)c1C(N)=O)CC2. The first-order chi connectivity index (χ1) is 9.11. The van der Waals surface area contributed by atoms with Crippen LogP contribution in [-0.4, -0.2) is 13.0 Å². The molecular weight excluding hydrogens is 260 g/mol. The maximum absolute atomic E-state index is 11.6. The maximum Gasteiger partial charge on any atom is 0.252 e. The van der Waals surface area contributed by atoms with Crippen molar-refractivity contribution in [2.24, 2.45) is 5.73 Å². The molecule has 19 heavy (non-hydrogen) atoms. The summed E-state index contributed by atoms with van der Waals surface area (Å²) < 4.78 is 5.26. The molecule has 1 aliphatic carbocycles. The number of hydrogen-bond donors (Lipinski definition) is 2. The largest absolute Gasteiger partial charge is 0.497 e. The number of thiophene rings is 1. The quantitative estimate of drug-likeness (QED) is 0.881. The third-order valence-electron chi connectivity index (χ3n) is 3.46. The Morgan fingerprint density at radius 3 is 2.84 bits per heavy atom. The lowest BCUT2D eigenvalue weighted by Crippen LogP contribution is -2.14. The summed E-state index contributed by atoms with van der Waals surface area (Å²) in [5.41, 5.74) is 15.0. The van der Waals surface area contributed by atoms with Crippen molar-refractivity contribution >= 4 is 22.2 Å². The molecule has 0 fully saturated rings. The zero-order valence-electron chi connectivity index (χ0n) is 10.5. The van der Waals surface area contributed by atoms with Gasteiger partial charge in [0.2, 0.25) is 0 Å². The molecule has 1 aliphatic rings. The van der Waals surface area contributed by atoms with Crippen LogP contribution < -0.4 is 16.2 Å². The van der Waals surface area contributed by atoms with Crippen molar-refractivity contribution in [2.75, 3.05) is 12.8 Å². The number of ether oxygens (including phenoxy) is 1. The minimum atomic E-state index is -0.467. The lowest BCUT2D eigenvalue weighted by Gasteiger charge is -2.18. The van der Waals surface area contributed by atoms with Gasteiger partial charge in [-0.25, -0.2) is 0 Å². The van der Waals surface area contributed by atoms with E-state index in [2.05, 4.69) is 0 Å². The van der Waals surface area contributed by atoms with Gasteiger partial charge < -0.3 is 16.2 Å². The molecule has 4 N–H and O–H groups in total. The number of primary amides is 1. The van der Waals surface area contributed by atoms with Crippen molar-refractivity contribution in [3.8, 4) is 16.9 Å². The zero-order valence-corrected chi connectivity index (χ0v) is 11.3. The van der Waals surface area contributed by atoms with E-state index in [9.17, 15) is 4.79 Å². The first-order valence-corrected chi connectivity index (χ1v) is 6.81. The van der Waals surface area contributed by atoms with Crippen molar-refractivity contribution in [2.45, 2.75) is 12.8 Å². The summed E-state index contributed by atoms with van der Waals surface area (Å²) in [6, 6.07) is 5.92. The molecule has 98 valence electrons. The highest BCUT2D eigenvalue weighted by atomic mass is 32.1. The summed E-state index contributed by atoms with van der Waals surface area (Å²) in [5.74, 6) is 0.303. The Morgan fingerprint density at radius 2 is 2.16 bits per heavy atom. The number of hydrogen-bond acceptors (Lipinski definition) is 4. The molecule has 1 aromatic heterocycles. The predicted octanol–water partition coefficient (Wildman–Crippen LogP) is 2.20. The van der Waals surface area contributed by atoms with Crippen LogP contribution in [0.15, 0.2) is 18.2 Å². The van der Waals surface area contributed by atoms with Gasteiger partial charge in [-0.2, -0.15) is 0 Å². The minimum Gasteiger partial charge on any atom is -0.497 e. The van der Waals surface area contributed by atoms with Crippen LogP contribution in [0.4, 0.5) is 5.00 Å². The third-order valence-corrected chi connectivity index (χ3v) is 4.54. The summed E-state index contributed by atoms with van der Waals surface area (Å²) in [6.07, 6.45) is 1.85. The van der Waals surface area contributed by atoms with E-state index in [4.69, 9.17) is 16.2 Å². The molecule has 0 bridgehead atoms. The summed E-state index contributed by atoms with van der Waals surface area (Å²) in [5, 5.41) is 0.508. The smallest absolute Gasteiger partial charge is 0.252 e. The summed E-state index contributed by atoms with van der Waals surface area (Å²) in [6.45, 7) is 0. The van der Waals surface area contributed by atoms with E-state index >= 15 is 0 Å². The van der Waals surface area contributed by atoms with Crippen LogP contribution in [-0.2, 0) is 12.8 Å². The van der Waals surface area contributed by atoms with Gasteiger partial charge in [0, 0.05) is 10.4 Å². The molecule has 0 unspecified atom stereocenters. The average molecular weight is 274 g/mol. The number of amides is 1. The van der Waals surface area contributed by atoms with Crippen LogP contribution in [0.1, 0.15) is 20.8 Å². The molecule has 5 heteroatoms. The molecule has 0 saturated carbocycles. The highest BCUT2D eigenvalue weighted by molar-refractivity contribution is 7.17. The highest BCUT2D eigenvalue weighted by Gasteiger charge is 2.26. The first-order valence-electron chi connectivity index (χ1n) is 6.00. The molecule has 4 nitrogen and oxygen atoms in total. The van der Waals surface area contributed by atoms with E-state index < -0.39 is 5.91 Å². The molecule has 0 saturated heterocycles. The second-order valence-corrected chi connectivity index (χ2v) is 5.66. The highest BCUT2D eigenvalue weighted by Crippen LogP contribution is 2.44. The van der Waals surface area contributed by atoms with E-state index in [0.29, 0.717) is 10.6 Å². The van der Waals surface area contributed by atoms with Crippen LogP contribution in [0.25, 0.3) is 11.1 Å². The molecule has 2 aromatic rings. The van der Waals surface area contributed by atoms with Gasteiger partial charge in [0.05, 0.1) is 17.7 Å². The maximum atomic E-state index is 11.6. The second kappa shape index (κ2) is 4.28. The number of aryl methyl sites for hydroxylation is 2. The Morgan fingerprint density at radius 1 is 1.37 bits per heavy atom. The number of rotatable bonds is 2. The molecule has 0 spiro atoms. The Balaban J connectivity index is 2.29. The zero-order chi connectivity index (χ0) is 13.6. The van der Waals surface area contributed by atoms with Crippen LogP contribution >= 0.6 is 11.3 Å². The Hall–Kier alpha value is -2.01. The predicted molar refractivity (Wildman–Crippen MR) is 76.6 cm³/mol. The van der Waals surface area contributed by atoms with Gasteiger partial charge in [-0.1, -0.05) is 6.07 Å². The van der Waals surface area contributed by atoms with Gasteiger partial charge in [-0.05, 0) is 36.1 Å². The Labute approximate surface area is 115 Å². The van der Waals surface area contributed by atoms with Gasteiger partial charge >= 0.3 is 0 Å². The number of carbonyl (C=O) groups is 1. The lowest BCUT2D eigenvalue weighted by atomic mass is 9.88. The standard InChI is InChI=1S/C14H14N2O2S/c1-18-8-4-2-7-3-5-10-11(9(7)6-8)12(13(15)17)14(16)19-10/h2,4,6H,3,5,16H2,1H3,(H2,15,17). The number of anilines is 1. The van der Waals surface area contributed by atoms with Gasteiger partial charge in [-0.3, -0.25) is 4.79 Å². The Bertz CT molecular complexity index is 676. The number of fused-ring (bicyclic) bond motifs is 3. The number of methoxy groups -OCH3 is 1. The fourth-order valence-corrected chi connectivity index (χ4v) is 3.67. The number of nitrogen functional groups attached to an aromatic ring is 1.